The van der Waals surface area contributed by atoms with Crippen molar-refractivity contribution in [1.82, 2.24) is 19.4 Å². The van der Waals surface area contributed by atoms with E-state index >= 15 is 0 Å². The molecule has 2 aromatic carbocycles. The van der Waals surface area contributed by atoms with E-state index in [0.29, 0.717) is 25.9 Å². The van der Waals surface area contributed by atoms with Crippen LogP contribution >= 0.6 is 0 Å². The molecule has 0 saturated heterocycles. The highest BCUT2D eigenvalue weighted by Crippen LogP contribution is 2.21. The van der Waals surface area contributed by atoms with E-state index in [0.717, 1.165) is 22.5 Å². The number of hydrogen-bond donors (Lipinski definition) is 0. The van der Waals surface area contributed by atoms with E-state index in [4.69, 9.17) is 0 Å². The van der Waals surface area contributed by atoms with Crippen LogP contribution in [0, 0.1) is 0 Å². The average molecular weight is 411 g/mol. The predicted octanol–water partition coefficient (Wildman–Crippen LogP) is 4.64. The fourth-order valence-corrected chi connectivity index (χ4v) is 3.61. The number of imidazole rings is 1. The van der Waals surface area contributed by atoms with Crippen LogP contribution in [-0.2, 0) is 31.4 Å². The van der Waals surface area contributed by atoms with Crippen molar-refractivity contribution in [3.05, 3.63) is 108 Å². The van der Waals surface area contributed by atoms with Gasteiger partial charge in [-0.05, 0) is 40.8 Å². The van der Waals surface area contributed by atoms with E-state index in [2.05, 4.69) is 46.4 Å². The molecule has 1 amide bonds. The van der Waals surface area contributed by atoms with Gasteiger partial charge >= 0.3 is 0 Å². The van der Waals surface area contributed by atoms with E-state index in [1.807, 2.05) is 59.2 Å². The third kappa shape index (κ3) is 5.45. The molecule has 4 rings (SSSR count). The first-order valence-corrected chi connectivity index (χ1v) is 10.5. The van der Waals surface area contributed by atoms with Gasteiger partial charge in [-0.2, -0.15) is 0 Å². The fraction of sp³-hybridized carbons (Fsp3) is 0.192. The zero-order valence-corrected chi connectivity index (χ0v) is 17.7. The summed E-state index contributed by atoms with van der Waals surface area (Å²) in [6, 6.07) is 22.6. The lowest BCUT2D eigenvalue weighted by Gasteiger charge is -2.23. The van der Waals surface area contributed by atoms with Gasteiger partial charge in [-0.25, -0.2) is 4.98 Å². The van der Waals surface area contributed by atoms with Gasteiger partial charge in [0.25, 0.3) is 0 Å². The fourth-order valence-electron chi connectivity index (χ4n) is 3.61. The normalized spacial score (nSPS) is 10.7. The van der Waals surface area contributed by atoms with Crippen LogP contribution in [0.1, 0.15) is 23.4 Å². The molecule has 0 spiro atoms. The molecule has 0 aliphatic carbocycles. The molecule has 2 aromatic heterocycles. The van der Waals surface area contributed by atoms with E-state index in [9.17, 15) is 4.79 Å². The number of carbonyl (C=O) groups excluding carboxylic acids is 1. The second-order valence-electron chi connectivity index (χ2n) is 7.63. The minimum absolute atomic E-state index is 0.108. The summed E-state index contributed by atoms with van der Waals surface area (Å²) in [7, 11) is 1.96. The maximum absolute atomic E-state index is 13.2. The first-order chi connectivity index (χ1) is 15.2. The van der Waals surface area contributed by atoms with Crippen LogP contribution in [0.25, 0.3) is 11.1 Å². The minimum atomic E-state index is 0.108. The van der Waals surface area contributed by atoms with Gasteiger partial charge in [0.1, 0.15) is 5.82 Å². The number of hydrogen-bond acceptors (Lipinski definition) is 3. The number of aromatic nitrogens is 3. The van der Waals surface area contributed by atoms with Crippen LogP contribution in [0.4, 0.5) is 0 Å². The molecule has 0 unspecified atom stereocenters. The minimum Gasteiger partial charge on any atom is -0.337 e. The second-order valence-corrected chi connectivity index (χ2v) is 7.63. The molecular weight excluding hydrogens is 384 g/mol. The van der Waals surface area contributed by atoms with E-state index in [-0.39, 0.29) is 5.91 Å². The topological polar surface area (TPSA) is 51.0 Å². The Morgan fingerprint density at radius 1 is 0.903 bits per heavy atom. The SMILES string of the molecule is Cn1ccnc1CN(Cc1cccc(-c2ccccc2)c1)C(=O)CCc1cccnc1. The summed E-state index contributed by atoms with van der Waals surface area (Å²) >= 11 is 0. The van der Waals surface area contributed by atoms with Gasteiger partial charge in [0.05, 0.1) is 6.54 Å². The highest BCUT2D eigenvalue weighted by atomic mass is 16.2. The van der Waals surface area contributed by atoms with Crippen molar-refractivity contribution in [2.24, 2.45) is 7.05 Å². The zero-order valence-electron chi connectivity index (χ0n) is 17.7. The average Bonchev–Trinajstić information content (AvgIpc) is 3.23. The summed E-state index contributed by atoms with van der Waals surface area (Å²) in [6.07, 6.45) is 8.35. The Balaban J connectivity index is 1.53. The molecule has 0 atom stereocenters. The third-order valence-corrected chi connectivity index (χ3v) is 5.36. The highest BCUT2D eigenvalue weighted by molar-refractivity contribution is 5.76. The molecule has 0 bridgehead atoms. The summed E-state index contributed by atoms with van der Waals surface area (Å²) < 4.78 is 1.96. The van der Waals surface area contributed by atoms with Crippen molar-refractivity contribution in [1.29, 1.82) is 0 Å². The van der Waals surface area contributed by atoms with Gasteiger partial charge in [0.15, 0.2) is 0 Å². The Morgan fingerprint density at radius 2 is 1.71 bits per heavy atom. The number of carbonyl (C=O) groups is 1. The van der Waals surface area contributed by atoms with Crippen LogP contribution in [0.15, 0.2) is 91.5 Å². The maximum atomic E-state index is 13.2. The molecule has 0 aliphatic heterocycles. The second kappa shape index (κ2) is 9.85. The predicted molar refractivity (Wildman–Crippen MR) is 122 cm³/mol. The third-order valence-electron chi connectivity index (χ3n) is 5.36. The Kier molecular flexibility index (Phi) is 6.53. The molecule has 0 saturated carbocycles. The summed E-state index contributed by atoms with van der Waals surface area (Å²) in [5, 5.41) is 0. The summed E-state index contributed by atoms with van der Waals surface area (Å²) in [5.74, 6) is 0.978. The summed E-state index contributed by atoms with van der Waals surface area (Å²) in [5.41, 5.74) is 4.49. The Bertz CT molecular complexity index is 1120. The smallest absolute Gasteiger partial charge is 0.223 e. The summed E-state index contributed by atoms with van der Waals surface area (Å²) in [6.45, 7) is 1.02. The number of aryl methyl sites for hydroxylation is 2. The van der Waals surface area contributed by atoms with Gasteiger partial charge in [-0.15, -0.1) is 0 Å². The van der Waals surface area contributed by atoms with Gasteiger partial charge in [0.2, 0.25) is 5.91 Å². The van der Waals surface area contributed by atoms with Crippen molar-refractivity contribution in [2.75, 3.05) is 0 Å². The molecule has 0 aliphatic rings. The number of benzene rings is 2. The molecule has 31 heavy (non-hydrogen) atoms. The van der Waals surface area contributed by atoms with Gasteiger partial charge in [0, 0.05) is 44.8 Å². The Labute approximate surface area is 183 Å². The van der Waals surface area contributed by atoms with Crippen molar-refractivity contribution >= 4 is 5.91 Å². The molecule has 2 heterocycles. The zero-order chi connectivity index (χ0) is 21.5. The van der Waals surface area contributed by atoms with E-state index in [1.165, 1.54) is 5.56 Å². The van der Waals surface area contributed by atoms with E-state index in [1.54, 1.807) is 12.4 Å². The van der Waals surface area contributed by atoms with Crippen LogP contribution in [0.5, 0.6) is 0 Å². The van der Waals surface area contributed by atoms with Crippen LogP contribution in [0.3, 0.4) is 0 Å². The van der Waals surface area contributed by atoms with Crippen LogP contribution < -0.4 is 0 Å². The van der Waals surface area contributed by atoms with E-state index < -0.39 is 0 Å². The quantitative estimate of drug-likeness (QED) is 0.425. The lowest BCUT2D eigenvalue weighted by Crippen LogP contribution is -2.31. The molecule has 156 valence electrons. The largest absolute Gasteiger partial charge is 0.337 e. The van der Waals surface area contributed by atoms with Crippen LogP contribution in [-0.4, -0.2) is 25.3 Å². The van der Waals surface area contributed by atoms with Crippen molar-refractivity contribution in [3.63, 3.8) is 0 Å². The van der Waals surface area contributed by atoms with Crippen LogP contribution in [0.2, 0.25) is 0 Å². The molecule has 0 fully saturated rings. The molecule has 0 radical (unpaired) electrons. The van der Waals surface area contributed by atoms with Gasteiger partial charge in [-0.3, -0.25) is 9.78 Å². The maximum Gasteiger partial charge on any atom is 0.223 e. The Morgan fingerprint density at radius 3 is 2.45 bits per heavy atom. The molecule has 0 N–H and O–H groups in total. The van der Waals surface area contributed by atoms with Gasteiger partial charge < -0.3 is 9.47 Å². The summed E-state index contributed by atoms with van der Waals surface area (Å²) in [4.78, 5) is 23.6. The van der Waals surface area contributed by atoms with Crippen molar-refractivity contribution in [2.45, 2.75) is 25.9 Å². The van der Waals surface area contributed by atoms with Crippen molar-refractivity contribution in [3.8, 4) is 11.1 Å². The lowest BCUT2D eigenvalue weighted by molar-refractivity contribution is -0.132. The van der Waals surface area contributed by atoms with Crippen molar-refractivity contribution < 1.29 is 4.79 Å². The first-order valence-electron chi connectivity index (χ1n) is 10.5. The monoisotopic (exact) mass is 410 g/mol. The standard InChI is InChI=1S/C26H26N4O/c1-29-16-15-28-25(29)20-30(26(31)13-12-21-8-6-14-27-18-21)19-22-7-5-11-24(17-22)23-9-3-2-4-10-23/h2-11,14-18H,12-13,19-20H2,1H3. The number of pyridine rings is 1. The number of nitrogens with zero attached hydrogens (tertiary/aromatic N) is 4. The molecule has 5 nitrogen and oxygen atoms in total. The molecule has 4 aromatic rings. The highest BCUT2D eigenvalue weighted by Gasteiger charge is 2.17. The number of rotatable bonds is 8. The lowest BCUT2D eigenvalue weighted by atomic mass is 10.0. The molecule has 5 heteroatoms. The molecular formula is C26H26N4O. The first kappa shape index (κ1) is 20.5. The number of amides is 1. The Hall–Kier alpha value is -3.73. The van der Waals surface area contributed by atoms with Gasteiger partial charge in [-0.1, -0.05) is 54.6 Å².